The van der Waals surface area contributed by atoms with Crippen LogP contribution in [0.15, 0.2) is 0 Å². The lowest BCUT2D eigenvalue weighted by Gasteiger charge is -2.41. The number of carbonyl (C=O) groups is 2. The van der Waals surface area contributed by atoms with Gasteiger partial charge < -0.3 is 15.3 Å². The summed E-state index contributed by atoms with van der Waals surface area (Å²) in [6, 6.07) is 0. The van der Waals surface area contributed by atoms with Gasteiger partial charge in [-0.1, -0.05) is 6.42 Å². The highest BCUT2D eigenvalue weighted by molar-refractivity contribution is 5.82. The molecule has 6 unspecified atom stereocenters. The van der Waals surface area contributed by atoms with Gasteiger partial charge in [0, 0.05) is 0 Å². The molecule has 0 aromatic carbocycles. The van der Waals surface area contributed by atoms with Crippen LogP contribution in [0.25, 0.3) is 0 Å². The first-order chi connectivity index (χ1) is 8.97. The number of aliphatic hydroxyl groups is 1. The predicted octanol–water partition coefficient (Wildman–Crippen LogP) is 1.35. The smallest absolute Gasteiger partial charge is 0.333 e. The van der Waals surface area contributed by atoms with Crippen molar-refractivity contribution in [2.45, 2.75) is 44.6 Å². The predicted molar refractivity (Wildman–Crippen MR) is 65.4 cm³/mol. The van der Waals surface area contributed by atoms with Crippen molar-refractivity contribution in [2.24, 2.45) is 29.1 Å². The van der Waals surface area contributed by atoms with Gasteiger partial charge in [0.25, 0.3) is 0 Å². The summed E-state index contributed by atoms with van der Waals surface area (Å²) < 4.78 is 0. The molecule has 3 saturated carbocycles. The standard InChI is InChI=1S/C14H20O5/c15-11(13(18)19)10(12(16)17)14-5-4-7(6-14)8-2-1-3-9(8)14/h7-11,15H,1-6H2,(H,16,17)(H,18,19). The highest BCUT2D eigenvalue weighted by Crippen LogP contribution is 2.68. The van der Waals surface area contributed by atoms with Gasteiger partial charge in [0.1, 0.15) is 0 Å². The van der Waals surface area contributed by atoms with Crippen LogP contribution in [0, 0.1) is 29.1 Å². The van der Waals surface area contributed by atoms with Crippen molar-refractivity contribution in [2.75, 3.05) is 0 Å². The van der Waals surface area contributed by atoms with Crippen LogP contribution in [-0.2, 0) is 9.59 Å². The van der Waals surface area contributed by atoms with E-state index in [9.17, 15) is 19.8 Å². The Morgan fingerprint density at radius 3 is 2.47 bits per heavy atom. The first-order valence-electron chi connectivity index (χ1n) is 7.11. The summed E-state index contributed by atoms with van der Waals surface area (Å²) in [7, 11) is 0. The summed E-state index contributed by atoms with van der Waals surface area (Å²) in [4.78, 5) is 22.6. The quantitative estimate of drug-likeness (QED) is 0.715. The van der Waals surface area contributed by atoms with Crippen molar-refractivity contribution < 1.29 is 24.9 Å². The molecule has 0 aromatic heterocycles. The van der Waals surface area contributed by atoms with Crippen LogP contribution in [-0.4, -0.2) is 33.4 Å². The number of aliphatic hydroxyl groups excluding tert-OH is 1. The minimum atomic E-state index is -1.78. The molecule has 0 radical (unpaired) electrons. The molecule has 3 rings (SSSR count). The molecule has 3 aliphatic carbocycles. The number of aliphatic carboxylic acids is 2. The maximum atomic E-state index is 11.6. The maximum Gasteiger partial charge on any atom is 0.333 e. The number of carboxylic acids is 2. The third-order valence-corrected chi connectivity index (χ3v) is 5.99. The van der Waals surface area contributed by atoms with Gasteiger partial charge in [-0.05, 0) is 55.3 Å². The Bertz CT molecular complexity index is 420. The van der Waals surface area contributed by atoms with Crippen LogP contribution in [0.5, 0.6) is 0 Å². The minimum Gasteiger partial charge on any atom is -0.481 e. The molecule has 6 atom stereocenters. The Kier molecular flexibility index (Phi) is 2.85. The first kappa shape index (κ1) is 12.9. The summed E-state index contributed by atoms with van der Waals surface area (Å²) in [5.41, 5.74) is -0.477. The second-order valence-corrected chi connectivity index (χ2v) is 6.54. The third kappa shape index (κ3) is 1.64. The van der Waals surface area contributed by atoms with E-state index in [-0.39, 0.29) is 0 Å². The van der Waals surface area contributed by atoms with Gasteiger partial charge in [-0.2, -0.15) is 0 Å². The monoisotopic (exact) mass is 268 g/mol. The van der Waals surface area contributed by atoms with Crippen LogP contribution >= 0.6 is 0 Å². The van der Waals surface area contributed by atoms with Gasteiger partial charge in [0.05, 0.1) is 5.92 Å². The van der Waals surface area contributed by atoms with Crippen molar-refractivity contribution in [3.63, 3.8) is 0 Å². The Balaban J connectivity index is 1.97. The third-order valence-electron chi connectivity index (χ3n) is 5.99. The molecule has 0 amide bonds. The largest absolute Gasteiger partial charge is 0.481 e. The normalized spacial score (nSPS) is 42.9. The van der Waals surface area contributed by atoms with Crippen LogP contribution in [0.3, 0.4) is 0 Å². The van der Waals surface area contributed by atoms with E-state index in [4.69, 9.17) is 5.11 Å². The van der Waals surface area contributed by atoms with E-state index in [0.29, 0.717) is 17.8 Å². The summed E-state index contributed by atoms with van der Waals surface area (Å²) in [5, 5.41) is 28.3. The lowest BCUT2D eigenvalue weighted by molar-refractivity contribution is -0.168. The van der Waals surface area contributed by atoms with Crippen molar-refractivity contribution in [1.29, 1.82) is 0 Å². The molecule has 0 aromatic rings. The van der Waals surface area contributed by atoms with Gasteiger partial charge in [-0.15, -0.1) is 0 Å². The molecule has 19 heavy (non-hydrogen) atoms. The molecule has 3 aliphatic rings. The van der Waals surface area contributed by atoms with Crippen LogP contribution in [0.1, 0.15) is 38.5 Å². The fourth-order valence-electron chi connectivity index (χ4n) is 5.47. The van der Waals surface area contributed by atoms with E-state index in [2.05, 4.69) is 0 Å². The lowest BCUT2D eigenvalue weighted by Crippen LogP contribution is -2.48. The molecular weight excluding hydrogens is 248 g/mol. The van der Waals surface area contributed by atoms with Gasteiger partial charge in [0.15, 0.2) is 6.10 Å². The van der Waals surface area contributed by atoms with E-state index < -0.39 is 29.4 Å². The van der Waals surface area contributed by atoms with Crippen LogP contribution in [0.4, 0.5) is 0 Å². The highest BCUT2D eigenvalue weighted by Gasteiger charge is 2.65. The Hall–Kier alpha value is -1.10. The average molecular weight is 268 g/mol. The van der Waals surface area contributed by atoms with Crippen molar-refractivity contribution >= 4 is 11.9 Å². The summed E-state index contributed by atoms with van der Waals surface area (Å²) in [6.07, 6.45) is 4.03. The zero-order valence-electron chi connectivity index (χ0n) is 10.8. The fourth-order valence-corrected chi connectivity index (χ4v) is 5.47. The molecule has 3 N–H and O–H groups in total. The molecule has 0 aliphatic heterocycles. The average Bonchev–Trinajstić information content (AvgIpc) is 2.99. The number of hydrogen-bond donors (Lipinski definition) is 3. The molecule has 106 valence electrons. The fraction of sp³-hybridized carbons (Fsp3) is 0.857. The first-order valence-corrected chi connectivity index (χ1v) is 7.11. The zero-order chi connectivity index (χ0) is 13.8. The Labute approximate surface area is 111 Å². The van der Waals surface area contributed by atoms with E-state index >= 15 is 0 Å². The molecule has 3 fully saturated rings. The van der Waals surface area contributed by atoms with Gasteiger partial charge in [-0.3, -0.25) is 4.79 Å². The Morgan fingerprint density at radius 2 is 1.84 bits per heavy atom. The highest BCUT2D eigenvalue weighted by atomic mass is 16.4. The molecule has 0 saturated heterocycles. The number of hydrogen-bond acceptors (Lipinski definition) is 3. The zero-order valence-corrected chi connectivity index (χ0v) is 10.8. The molecule has 5 nitrogen and oxygen atoms in total. The maximum absolute atomic E-state index is 11.6. The van der Waals surface area contributed by atoms with E-state index in [1.165, 1.54) is 0 Å². The number of fused-ring (bicyclic) bond motifs is 5. The van der Waals surface area contributed by atoms with E-state index in [0.717, 1.165) is 38.5 Å². The molecule has 0 spiro atoms. The van der Waals surface area contributed by atoms with Crippen molar-refractivity contribution in [1.82, 2.24) is 0 Å². The summed E-state index contributed by atoms with van der Waals surface area (Å²) in [5.74, 6) is -2.29. The van der Waals surface area contributed by atoms with Crippen LogP contribution < -0.4 is 0 Å². The lowest BCUT2D eigenvalue weighted by atomic mass is 9.63. The second kappa shape index (κ2) is 4.20. The summed E-state index contributed by atoms with van der Waals surface area (Å²) >= 11 is 0. The van der Waals surface area contributed by atoms with E-state index in [1.807, 2.05) is 0 Å². The topological polar surface area (TPSA) is 94.8 Å². The molecule has 2 bridgehead atoms. The van der Waals surface area contributed by atoms with Gasteiger partial charge in [-0.25, -0.2) is 4.79 Å². The van der Waals surface area contributed by atoms with Gasteiger partial charge in [0.2, 0.25) is 0 Å². The van der Waals surface area contributed by atoms with E-state index in [1.54, 1.807) is 0 Å². The number of rotatable bonds is 4. The SMILES string of the molecule is O=C(O)C(O)C(C(=O)O)C12CCC(C1)C1CCCC12. The molecule has 0 heterocycles. The molecular formula is C14H20O5. The van der Waals surface area contributed by atoms with Gasteiger partial charge >= 0.3 is 11.9 Å². The number of carboxylic acid groups (broad SMARTS) is 2. The van der Waals surface area contributed by atoms with Crippen LogP contribution in [0.2, 0.25) is 0 Å². The summed E-state index contributed by atoms with van der Waals surface area (Å²) in [6.45, 7) is 0. The second-order valence-electron chi connectivity index (χ2n) is 6.54. The Morgan fingerprint density at radius 1 is 1.11 bits per heavy atom. The minimum absolute atomic E-state index is 0.307. The molecule has 5 heteroatoms. The van der Waals surface area contributed by atoms with Crippen molar-refractivity contribution in [3.05, 3.63) is 0 Å². The van der Waals surface area contributed by atoms with Crippen molar-refractivity contribution in [3.8, 4) is 0 Å².